The van der Waals surface area contributed by atoms with Crippen LogP contribution in [0.4, 0.5) is 14.5 Å². The molecule has 25 heavy (non-hydrogen) atoms. The van der Waals surface area contributed by atoms with Crippen molar-refractivity contribution in [1.82, 2.24) is 9.97 Å². The van der Waals surface area contributed by atoms with Crippen molar-refractivity contribution in [3.63, 3.8) is 0 Å². The Kier molecular flexibility index (Phi) is 4.04. The molecule has 0 spiro atoms. The smallest absolute Gasteiger partial charge is 0.262 e. The maximum absolute atomic E-state index is 13.6. The van der Waals surface area contributed by atoms with E-state index in [4.69, 9.17) is 4.74 Å². The number of hydrogen-bond donors (Lipinski definition) is 1. The normalized spacial score (nSPS) is 13.0. The Morgan fingerprint density at radius 2 is 2.04 bits per heavy atom. The van der Waals surface area contributed by atoms with E-state index in [-0.39, 0.29) is 0 Å². The van der Waals surface area contributed by atoms with E-state index in [1.807, 2.05) is 0 Å². The van der Waals surface area contributed by atoms with E-state index in [9.17, 15) is 13.6 Å². The molecule has 1 N–H and O–H groups in total. The van der Waals surface area contributed by atoms with Gasteiger partial charge in [-0.2, -0.15) is 0 Å². The number of carbonyl (C=O) groups is 1. The number of carbonyl (C=O) groups excluding carboxylic acids is 1. The Bertz CT molecular complexity index is 954. The summed E-state index contributed by atoms with van der Waals surface area (Å²) in [5.41, 5.74) is 0.691. The Balaban J connectivity index is 1.52. The van der Waals surface area contributed by atoms with Gasteiger partial charge in [0.05, 0.1) is 5.39 Å². The standard InChI is InChI=1S/C17H13F2N3O2S/c18-10-4-2-5-11(19)15(10)22-13(23)7-24-16-14-9-3-1-6-12(9)25-17(14)21-8-20-16/h2,4-5,8H,1,3,6-7H2,(H,22,23). The fraction of sp³-hybridized carbons (Fsp3) is 0.235. The van der Waals surface area contributed by atoms with E-state index in [0.717, 1.165) is 41.6 Å². The van der Waals surface area contributed by atoms with Crippen molar-refractivity contribution in [2.24, 2.45) is 0 Å². The number of fused-ring (bicyclic) bond motifs is 3. The van der Waals surface area contributed by atoms with Gasteiger partial charge >= 0.3 is 0 Å². The first-order valence-electron chi connectivity index (χ1n) is 7.75. The molecule has 128 valence electrons. The van der Waals surface area contributed by atoms with Gasteiger partial charge in [-0.25, -0.2) is 18.7 Å². The average Bonchev–Trinajstić information content (AvgIpc) is 3.17. The lowest BCUT2D eigenvalue weighted by molar-refractivity contribution is -0.118. The zero-order valence-corrected chi connectivity index (χ0v) is 13.8. The van der Waals surface area contributed by atoms with Gasteiger partial charge in [-0.3, -0.25) is 4.79 Å². The highest BCUT2D eigenvalue weighted by atomic mass is 32.1. The largest absolute Gasteiger partial charge is 0.467 e. The number of benzene rings is 1. The molecule has 1 aliphatic rings. The third kappa shape index (κ3) is 2.93. The molecule has 2 heterocycles. The van der Waals surface area contributed by atoms with Crippen LogP contribution in [0.25, 0.3) is 10.2 Å². The van der Waals surface area contributed by atoms with Crippen molar-refractivity contribution in [2.45, 2.75) is 19.3 Å². The first kappa shape index (κ1) is 15.9. The predicted molar refractivity (Wildman–Crippen MR) is 89.9 cm³/mol. The molecule has 4 rings (SSSR count). The monoisotopic (exact) mass is 361 g/mol. The van der Waals surface area contributed by atoms with Gasteiger partial charge in [0, 0.05) is 4.88 Å². The van der Waals surface area contributed by atoms with E-state index in [0.29, 0.717) is 5.88 Å². The van der Waals surface area contributed by atoms with Crippen LogP contribution in [0, 0.1) is 11.6 Å². The number of hydrogen-bond acceptors (Lipinski definition) is 5. The lowest BCUT2D eigenvalue weighted by Gasteiger charge is -2.09. The number of aryl methyl sites for hydroxylation is 2. The summed E-state index contributed by atoms with van der Waals surface area (Å²) >= 11 is 1.61. The number of aromatic nitrogens is 2. The summed E-state index contributed by atoms with van der Waals surface area (Å²) in [5, 5.41) is 3.03. The minimum absolute atomic E-state index is 0.327. The quantitative estimate of drug-likeness (QED) is 0.773. The van der Waals surface area contributed by atoms with Crippen molar-refractivity contribution >= 4 is 33.1 Å². The molecule has 1 amide bonds. The molecule has 0 saturated carbocycles. The van der Waals surface area contributed by atoms with Crippen LogP contribution in [0.15, 0.2) is 24.5 Å². The lowest BCUT2D eigenvalue weighted by atomic mass is 10.2. The van der Waals surface area contributed by atoms with E-state index in [1.165, 1.54) is 22.8 Å². The number of halogens is 2. The molecule has 0 aliphatic heterocycles. The van der Waals surface area contributed by atoms with E-state index < -0.39 is 29.8 Å². The van der Waals surface area contributed by atoms with Crippen LogP contribution in [-0.2, 0) is 17.6 Å². The van der Waals surface area contributed by atoms with Crippen molar-refractivity contribution in [3.05, 3.63) is 46.6 Å². The Morgan fingerprint density at radius 1 is 1.24 bits per heavy atom. The highest BCUT2D eigenvalue weighted by Crippen LogP contribution is 2.39. The summed E-state index contributed by atoms with van der Waals surface area (Å²) in [4.78, 5) is 22.5. The summed E-state index contributed by atoms with van der Waals surface area (Å²) in [6.45, 7) is -0.398. The summed E-state index contributed by atoms with van der Waals surface area (Å²) < 4.78 is 32.7. The highest BCUT2D eigenvalue weighted by Gasteiger charge is 2.22. The molecule has 0 bridgehead atoms. The third-order valence-corrected chi connectivity index (χ3v) is 5.23. The number of para-hydroxylation sites is 1. The minimum Gasteiger partial charge on any atom is -0.467 e. The maximum Gasteiger partial charge on any atom is 0.262 e. The molecule has 0 radical (unpaired) electrons. The van der Waals surface area contributed by atoms with Crippen LogP contribution < -0.4 is 10.1 Å². The molecule has 5 nitrogen and oxygen atoms in total. The van der Waals surface area contributed by atoms with Crippen molar-refractivity contribution in [2.75, 3.05) is 11.9 Å². The fourth-order valence-corrected chi connectivity index (χ4v) is 4.16. The van der Waals surface area contributed by atoms with E-state index >= 15 is 0 Å². The van der Waals surface area contributed by atoms with Gasteiger partial charge in [-0.05, 0) is 37.0 Å². The number of nitrogens with zero attached hydrogens (tertiary/aromatic N) is 2. The maximum atomic E-state index is 13.6. The van der Waals surface area contributed by atoms with Gasteiger partial charge in [-0.15, -0.1) is 11.3 Å². The summed E-state index contributed by atoms with van der Waals surface area (Å²) in [5.74, 6) is -2.02. The van der Waals surface area contributed by atoms with Crippen LogP contribution >= 0.6 is 11.3 Å². The highest BCUT2D eigenvalue weighted by molar-refractivity contribution is 7.18. The first-order valence-corrected chi connectivity index (χ1v) is 8.57. The third-order valence-electron chi connectivity index (χ3n) is 4.03. The van der Waals surface area contributed by atoms with E-state index in [2.05, 4.69) is 15.3 Å². The fourth-order valence-electron chi connectivity index (χ4n) is 2.94. The molecule has 3 aromatic rings. The van der Waals surface area contributed by atoms with Gasteiger partial charge in [0.15, 0.2) is 6.61 Å². The Hall–Kier alpha value is -2.61. The van der Waals surface area contributed by atoms with Crippen LogP contribution in [-0.4, -0.2) is 22.5 Å². The van der Waals surface area contributed by atoms with Crippen molar-refractivity contribution in [3.8, 4) is 5.88 Å². The van der Waals surface area contributed by atoms with E-state index in [1.54, 1.807) is 11.3 Å². The number of amides is 1. The van der Waals surface area contributed by atoms with Crippen molar-refractivity contribution in [1.29, 1.82) is 0 Å². The summed E-state index contributed by atoms with van der Waals surface area (Å²) in [7, 11) is 0. The summed E-state index contributed by atoms with van der Waals surface area (Å²) in [6, 6.07) is 3.37. The second kappa shape index (κ2) is 6.36. The molecule has 0 fully saturated rings. The zero-order chi connectivity index (χ0) is 17.4. The molecule has 8 heteroatoms. The SMILES string of the molecule is O=C(COc1ncnc2sc3c(c12)CCC3)Nc1c(F)cccc1F. The molecular weight excluding hydrogens is 348 g/mol. The summed E-state index contributed by atoms with van der Waals surface area (Å²) in [6.07, 6.45) is 4.42. The molecule has 0 atom stereocenters. The van der Waals surface area contributed by atoms with Crippen LogP contribution in [0.2, 0.25) is 0 Å². The Morgan fingerprint density at radius 3 is 2.84 bits per heavy atom. The molecule has 0 unspecified atom stereocenters. The second-order valence-electron chi connectivity index (χ2n) is 5.65. The molecule has 1 aromatic carbocycles. The molecule has 0 saturated heterocycles. The lowest BCUT2D eigenvalue weighted by Crippen LogP contribution is -2.22. The molecule has 1 aliphatic carbocycles. The van der Waals surface area contributed by atoms with Crippen LogP contribution in [0.1, 0.15) is 16.9 Å². The molecule has 2 aromatic heterocycles. The average molecular weight is 361 g/mol. The zero-order valence-electron chi connectivity index (χ0n) is 13.0. The number of ether oxygens (including phenoxy) is 1. The number of rotatable bonds is 4. The number of nitrogens with one attached hydrogen (secondary N) is 1. The van der Waals surface area contributed by atoms with Crippen LogP contribution in [0.5, 0.6) is 5.88 Å². The number of anilines is 1. The van der Waals surface area contributed by atoms with Gasteiger partial charge < -0.3 is 10.1 Å². The first-order chi connectivity index (χ1) is 12.1. The predicted octanol–water partition coefficient (Wildman–Crippen LogP) is 3.48. The Labute approximate surface area is 145 Å². The van der Waals surface area contributed by atoms with Crippen LogP contribution in [0.3, 0.4) is 0 Å². The second-order valence-corrected chi connectivity index (χ2v) is 6.73. The van der Waals surface area contributed by atoms with Gasteiger partial charge in [0.1, 0.15) is 28.5 Å². The van der Waals surface area contributed by atoms with Crippen molar-refractivity contribution < 1.29 is 18.3 Å². The van der Waals surface area contributed by atoms with Gasteiger partial charge in [0.2, 0.25) is 5.88 Å². The number of thiophene rings is 1. The van der Waals surface area contributed by atoms with Gasteiger partial charge in [0.25, 0.3) is 5.91 Å². The molecular formula is C17H13F2N3O2S. The minimum atomic E-state index is -0.839. The topological polar surface area (TPSA) is 64.1 Å². The van der Waals surface area contributed by atoms with Gasteiger partial charge in [-0.1, -0.05) is 6.07 Å².